The summed E-state index contributed by atoms with van der Waals surface area (Å²) in [5.74, 6) is 2.55. The number of aromatic nitrogens is 1. The number of thioether (sulfide) groups is 1. The third kappa shape index (κ3) is 3.94. The fourth-order valence-corrected chi connectivity index (χ4v) is 3.65. The minimum Gasteiger partial charge on any atom is -0.495 e. The second-order valence-corrected chi connectivity index (χ2v) is 6.84. The van der Waals surface area contributed by atoms with E-state index in [2.05, 4.69) is 10.3 Å². The van der Waals surface area contributed by atoms with Crippen LogP contribution in [0.4, 0.5) is 5.69 Å². The van der Waals surface area contributed by atoms with Gasteiger partial charge >= 0.3 is 0 Å². The molecule has 1 aromatic carbocycles. The van der Waals surface area contributed by atoms with Gasteiger partial charge in [-0.3, -0.25) is 4.79 Å². The molecular formula is C17H17ClN2O3S. The monoisotopic (exact) mass is 364 g/mol. The number of nitrogens with zero attached hydrogens (tertiary/aromatic N) is 1. The minimum absolute atomic E-state index is 0.0946. The van der Waals surface area contributed by atoms with Crippen LogP contribution in [0.15, 0.2) is 36.5 Å². The van der Waals surface area contributed by atoms with E-state index < -0.39 is 0 Å². The van der Waals surface area contributed by atoms with Crippen molar-refractivity contribution < 1.29 is 14.3 Å². The first kappa shape index (κ1) is 16.9. The van der Waals surface area contributed by atoms with Crippen LogP contribution in [0.25, 0.3) is 0 Å². The highest BCUT2D eigenvalue weighted by Crippen LogP contribution is 2.29. The highest BCUT2D eigenvalue weighted by molar-refractivity contribution is 7.99. The Kier molecular flexibility index (Phi) is 5.48. The molecular weight excluding hydrogens is 348 g/mol. The van der Waals surface area contributed by atoms with Crippen LogP contribution >= 0.6 is 23.4 Å². The van der Waals surface area contributed by atoms with Crippen LogP contribution in [0.2, 0.25) is 5.02 Å². The lowest BCUT2D eigenvalue weighted by Gasteiger charge is -2.15. The third-order valence-corrected chi connectivity index (χ3v) is 4.96. The molecule has 0 aliphatic carbocycles. The molecule has 1 atom stereocenters. The summed E-state index contributed by atoms with van der Waals surface area (Å²) >= 11 is 7.84. The number of hydrogen-bond acceptors (Lipinski definition) is 5. The van der Waals surface area contributed by atoms with Gasteiger partial charge in [0.05, 0.1) is 12.8 Å². The molecule has 0 saturated carbocycles. The molecule has 24 heavy (non-hydrogen) atoms. The average molecular weight is 365 g/mol. The molecule has 1 aromatic heterocycles. The van der Waals surface area contributed by atoms with Crippen molar-refractivity contribution in [3.63, 3.8) is 0 Å². The number of carbonyl (C=O) groups is 1. The Hall–Kier alpha value is -1.92. The molecule has 7 heteroatoms. The first-order chi connectivity index (χ1) is 11.7. The fraction of sp³-hybridized carbons (Fsp3) is 0.294. The van der Waals surface area contributed by atoms with Gasteiger partial charge in [-0.1, -0.05) is 11.6 Å². The zero-order valence-corrected chi connectivity index (χ0v) is 14.7. The Morgan fingerprint density at radius 2 is 2.29 bits per heavy atom. The summed E-state index contributed by atoms with van der Waals surface area (Å²) < 4.78 is 11.1. The fourth-order valence-electron chi connectivity index (χ4n) is 2.39. The number of rotatable bonds is 5. The highest BCUT2D eigenvalue weighted by Gasteiger charge is 2.22. The van der Waals surface area contributed by atoms with E-state index in [0.29, 0.717) is 27.9 Å². The second-order valence-electron chi connectivity index (χ2n) is 5.26. The molecule has 2 aromatic rings. The number of methoxy groups -OCH3 is 1. The van der Waals surface area contributed by atoms with Gasteiger partial charge in [-0.05, 0) is 42.5 Å². The van der Waals surface area contributed by atoms with E-state index in [-0.39, 0.29) is 12.0 Å². The quantitative estimate of drug-likeness (QED) is 0.872. The summed E-state index contributed by atoms with van der Waals surface area (Å²) in [5, 5.41) is 3.32. The highest BCUT2D eigenvalue weighted by atomic mass is 35.5. The van der Waals surface area contributed by atoms with Crippen LogP contribution in [0.5, 0.6) is 11.6 Å². The maximum absolute atomic E-state index is 12.7. The molecule has 1 fully saturated rings. The van der Waals surface area contributed by atoms with E-state index in [9.17, 15) is 4.79 Å². The van der Waals surface area contributed by atoms with E-state index in [1.807, 2.05) is 11.8 Å². The summed E-state index contributed by atoms with van der Waals surface area (Å²) in [5.41, 5.74) is 0.887. The Morgan fingerprint density at radius 1 is 1.42 bits per heavy atom. The number of ether oxygens (including phenoxy) is 2. The number of pyridine rings is 1. The van der Waals surface area contributed by atoms with Gasteiger partial charge in [0.2, 0.25) is 5.88 Å². The molecule has 5 nitrogen and oxygen atoms in total. The van der Waals surface area contributed by atoms with Gasteiger partial charge in [-0.2, -0.15) is 11.8 Å². The number of nitrogens with one attached hydrogen (secondary N) is 1. The molecule has 0 spiro atoms. The maximum atomic E-state index is 12.7. The van der Waals surface area contributed by atoms with Crippen molar-refractivity contribution in [3.8, 4) is 11.6 Å². The molecule has 3 rings (SSSR count). The first-order valence-electron chi connectivity index (χ1n) is 7.51. The molecule has 2 heterocycles. The van der Waals surface area contributed by atoms with Gasteiger partial charge in [0.25, 0.3) is 5.91 Å². The smallest absolute Gasteiger partial charge is 0.261 e. The maximum Gasteiger partial charge on any atom is 0.261 e. The van der Waals surface area contributed by atoms with Crippen LogP contribution in [0.1, 0.15) is 16.8 Å². The van der Waals surface area contributed by atoms with Crippen LogP contribution in [-0.2, 0) is 0 Å². The number of benzene rings is 1. The number of anilines is 1. The number of amides is 1. The van der Waals surface area contributed by atoms with Crippen LogP contribution in [-0.4, -0.2) is 35.6 Å². The Morgan fingerprint density at radius 3 is 3.04 bits per heavy atom. The molecule has 0 bridgehead atoms. The Bertz CT molecular complexity index is 736. The number of hydrogen-bond donors (Lipinski definition) is 1. The van der Waals surface area contributed by atoms with Crippen LogP contribution < -0.4 is 14.8 Å². The predicted molar refractivity (Wildman–Crippen MR) is 96.6 cm³/mol. The van der Waals surface area contributed by atoms with E-state index in [1.165, 1.54) is 7.11 Å². The second kappa shape index (κ2) is 7.77. The van der Waals surface area contributed by atoms with Gasteiger partial charge in [0, 0.05) is 17.0 Å². The molecule has 1 unspecified atom stereocenters. The summed E-state index contributed by atoms with van der Waals surface area (Å²) in [6.45, 7) is 0. The van der Waals surface area contributed by atoms with Crippen LogP contribution in [0, 0.1) is 0 Å². The number of carbonyl (C=O) groups excluding carboxylic acids is 1. The largest absolute Gasteiger partial charge is 0.495 e. The lowest BCUT2D eigenvalue weighted by Crippen LogP contribution is -2.20. The van der Waals surface area contributed by atoms with E-state index >= 15 is 0 Å². The van der Waals surface area contributed by atoms with Crippen molar-refractivity contribution in [2.45, 2.75) is 12.5 Å². The minimum atomic E-state index is -0.315. The van der Waals surface area contributed by atoms with Crippen LogP contribution in [0.3, 0.4) is 0 Å². The zero-order chi connectivity index (χ0) is 16.9. The summed E-state index contributed by atoms with van der Waals surface area (Å²) in [7, 11) is 1.54. The topological polar surface area (TPSA) is 60.5 Å². The van der Waals surface area contributed by atoms with Crippen molar-refractivity contribution in [1.29, 1.82) is 0 Å². The Balaban J connectivity index is 1.81. The molecule has 1 saturated heterocycles. The van der Waals surface area contributed by atoms with Crippen molar-refractivity contribution in [1.82, 2.24) is 4.98 Å². The molecule has 1 N–H and O–H groups in total. The lowest BCUT2D eigenvalue weighted by atomic mass is 10.2. The van der Waals surface area contributed by atoms with Crippen molar-refractivity contribution in [2.75, 3.05) is 23.9 Å². The van der Waals surface area contributed by atoms with E-state index in [0.717, 1.165) is 17.9 Å². The standard InChI is InChI=1S/C17H17ClN2O3S/c1-22-15-5-4-11(18)9-14(15)20-16(21)13-3-2-7-19-17(13)23-12-6-8-24-10-12/h2-5,7,9,12H,6,8,10H2,1H3,(H,20,21). The normalized spacial score (nSPS) is 16.7. The first-order valence-corrected chi connectivity index (χ1v) is 9.05. The summed E-state index contributed by atoms with van der Waals surface area (Å²) in [6.07, 6.45) is 2.68. The predicted octanol–water partition coefficient (Wildman–Crippen LogP) is 3.88. The SMILES string of the molecule is COc1ccc(Cl)cc1NC(=O)c1cccnc1OC1CCSC1. The summed E-state index contributed by atoms with van der Waals surface area (Å²) in [6, 6.07) is 8.45. The van der Waals surface area contributed by atoms with Gasteiger partial charge in [-0.25, -0.2) is 4.98 Å². The van der Waals surface area contributed by atoms with Crippen molar-refractivity contribution >= 4 is 35.0 Å². The molecule has 1 aliphatic heterocycles. The van der Waals surface area contributed by atoms with Gasteiger partial charge in [0.15, 0.2) is 0 Å². The molecule has 1 amide bonds. The van der Waals surface area contributed by atoms with Crippen molar-refractivity contribution in [3.05, 3.63) is 47.1 Å². The third-order valence-electron chi connectivity index (χ3n) is 3.59. The number of halogens is 1. The average Bonchev–Trinajstić information content (AvgIpc) is 3.08. The molecule has 1 aliphatic rings. The zero-order valence-electron chi connectivity index (χ0n) is 13.1. The van der Waals surface area contributed by atoms with Gasteiger partial charge in [-0.15, -0.1) is 0 Å². The Labute approximate surface area is 149 Å². The summed E-state index contributed by atoms with van der Waals surface area (Å²) in [4.78, 5) is 16.9. The lowest BCUT2D eigenvalue weighted by molar-refractivity contribution is 0.101. The molecule has 126 valence electrons. The molecule has 0 radical (unpaired) electrons. The van der Waals surface area contributed by atoms with E-state index in [1.54, 1.807) is 36.5 Å². The van der Waals surface area contributed by atoms with Gasteiger partial charge in [0.1, 0.15) is 17.4 Å². The van der Waals surface area contributed by atoms with Crippen molar-refractivity contribution in [2.24, 2.45) is 0 Å². The van der Waals surface area contributed by atoms with Gasteiger partial charge < -0.3 is 14.8 Å². The van der Waals surface area contributed by atoms with E-state index in [4.69, 9.17) is 21.1 Å².